The zero-order chi connectivity index (χ0) is 15.7. The summed E-state index contributed by atoms with van der Waals surface area (Å²) in [6.45, 7) is 5.58. The molecule has 20 heavy (non-hydrogen) atoms. The Balaban J connectivity index is 2.64. The van der Waals surface area contributed by atoms with Gasteiger partial charge in [-0.05, 0) is 33.6 Å². The Bertz CT molecular complexity index is 350. The molecule has 0 aromatic heterocycles. The average molecular weight is 296 g/mol. The molecule has 1 heterocycles. The number of halogens is 3. The van der Waals surface area contributed by atoms with Crippen molar-refractivity contribution in [3.05, 3.63) is 0 Å². The highest BCUT2D eigenvalue weighted by molar-refractivity contribution is 5.81. The number of carbonyl (C=O) groups is 1. The van der Waals surface area contributed by atoms with Gasteiger partial charge in [-0.3, -0.25) is 9.69 Å². The number of alkyl halides is 3. The maximum Gasteiger partial charge on any atom is 0.417 e. The van der Waals surface area contributed by atoms with E-state index >= 15 is 0 Å². The number of hydrogen-bond acceptors (Lipinski definition) is 3. The first-order valence-corrected chi connectivity index (χ1v) is 6.79. The van der Waals surface area contributed by atoms with Gasteiger partial charge < -0.3 is 10.0 Å². The van der Waals surface area contributed by atoms with Crippen LogP contribution in [0.25, 0.3) is 0 Å². The van der Waals surface area contributed by atoms with Gasteiger partial charge in [0.15, 0.2) is 5.60 Å². The van der Waals surface area contributed by atoms with Crippen molar-refractivity contribution in [2.24, 2.45) is 0 Å². The Labute approximate surface area is 117 Å². The topological polar surface area (TPSA) is 43.8 Å². The fourth-order valence-corrected chi connectivity index (χ4v) is 2.27. The average Bonchev–Trinajstić information content (AvgIpc) is 2.35. The van der Waals surface area contributed by atoms with Gasteiger partial charge in [0.05, 0.1) is 6.04 Å². The highest BCUT2D eigenvalue weighted by Gasteiger charge is 2.55. The number of likely N-dealkylation sites (tertiary alicyclic amines) is 1. The molecule has 0 radical (unpaired) electrons. The number of carbonyl (C=O) groups excluding carboxylic acids is 1. The van der Waals surface area contributed by atoms with Crippen LogP contribution in [-0.2, 0) is 4.79 Å². The molecule has 1 aliphatic rings. The molecule has 1 fully saturated rings. The highest BCUT2D eigenvalue weighted by atomic mass is 19.4. The SMILES string of the molecule is CC(C(=O)N(C)C(C)C)N1CCC(O)(C(F)(F)F)CC1. The van der Waals surface area contributed by atoms with Crippen molar-refractivity contribution >= 4 is 5.91 Å². The fraction of sp³-hybridized carbons (Fsp3) is 0.923. The number of rotatable bonds is 3. The molecule has 7 heteroatoms. The Morgan fingerprint density at radius 2 is 1.70 bits per heavy atom. The molecule has 0 aromatic carbocycles. The predicted octanol–water partition coefficient (Wildman–Crippen LogP) is 1.63. The van der Waals surface area contributed by atoms with E-state index in [1.165, 1.54) is 0 Å². The summed E-state index contributed by atoms with van der Waals surface area (Å²) in [6, 6.07) is -0.429. The van der Waals surface area contributed by atoms with E-state index in [1.54, 1.807) is 23.8 Å². The summed E-state index contributed by atoms with van der Waals surface area (Å²) in [6.07, 6.45) is -5.39. The summed E-state index contributed by atoms with van der Waals surface area (Å²) in [5.41, 5.74) is -2.61. The summed E-state index contributed by atoms with van der Waals surface area (Å²) in [4.78, 5) is 15.4. The van der Waals surface area contributed by atoms with Gasteiger partial charge in [0.2, 0.25) is 5.91 Å². The van der Waals surface area contributed by atoms with E-state index in [9.17, 15) is 23.1 Å². The fourth-order valence-electron chi connectivity index (χ4n) is 2.27. The zero-order valence-corrected chi connectivity index (χ0v) is 12.4. The lowest BCUT2D eigenvalue weighted by Gasteiger charge is -2.41. The third-order valence-corrected chi connectivity index (χ3v) is 4.18. The van der Waals surface area contributed by atoms with E-state index in [0.717, 1.165) is 0 Å². The van der Waals surface area contributed by atoms with Gasteiger partial charge in [-0.2, -0.15) is 13.2 Å². The first kappa shape index (κ1) is 17.2. The summed E-state index contributed by atoms with van der Waals surface area (Å²) < 4.78 is 38.1. The van der Waals surface area contributed by atoms with Crippen LogP contribution in [0, 0.1) is 0 Å². The number of amides is 1. The monoisotopic (exact) mass is 296 g/mol. The van der Waals surface area contributed by atoms with Gasteiger partial charge in [0.1, 0.15) is 0 Å². The van der Waals surface area contributed by atoms with Crippen molar-refractivity contribution in [3.8, 4) is 0 Å². The van der Waals surface area contributed by atoms with Crippen LogP contribution in [0.4, 0.5) is 13.2 Å². The van der Waals surface area contributed by atoms with Crippen LogP contribution < -0.4 is 0 Å². The number of piperidine rings is 1. The third-order valence-electron chi connectivity index (χ3n) is 4.18. The first-order chi connectivity index (χ1) is 8.99. The Hall–Kier alpha value is -0.820. The summed E-state index contributed by atoms with van der Waals surface area (Å²) in [5.74, 6) is -0.113. The second kappa shape index (κ2) is 5.89. The molecule has 4 nitrogen and oxygen atoms in total. The summed E-state index contributed by atoms with van der Waals surface area (Å²) in [5, 5.41) is 9.60. The largest absolute Gasteiger partial charge is 0.417 e. The lowest BCUT2D eigenvalue weighted by molar-refractivity contribution is -0.273. The molecule has 1 saturated heterocycles. The second-order valence-corrected chi connectivity index (χ2v) is 5.78. The standard InChI is InChI=1S/C13H23F3N2O2/c1-9(2)17(4)11(19)10(3)18-7-5-12(20,6-8-18)13(14,15)16/h9-10,20H,5-8H2,1-4H3. The molecular formula is C13H23F3N2O2. The number of hydrogen-bond donors (Lipinski definition) is 1. The Morgan fingerprint density at radius 3 is 2.05 bits per heavy atom. The minimum absolute atomic E-state index is 0.0434. The Kier molecular flexibility index (Phi) is 5.08. The van der Waals surface area contributed by atoms with Gasteiger partial charge in [-0.25, -0.2) is 0 Å². The van der Waals surface area contributed by atoms with Crippen LogP contribution in [-0.4, -0.2) is 64.8 Å². The molecule has 1 unspecified atom stereocenters. The molecule has 0 aliphatic carbocycles. The van der Waals surface area contributed by atoms with Crippen molar-refractivity contribution in [1.82, 2.24) is 9.80 Å². The molecule has 1 aliphatic heterocycles. The lowest BCUT2D eigenvalue weighted by atomic mass is 9.90. The molecule has 0 aromatic rings. The van der Waals surface area contributed by atoms with E-state index in [2.05, 4.69) is 0 Å². The van der Waals surface area contributed by atoms with Crippen LogP contribution >= 0.6 is 0 Å². The smallest absolute Gasteiger partial charge is 0.380 e. The van der Waals surface area contributed by atoms with Gasteiger partial charge in [0.25, 0.3) is 0 Å². The molecule has 0 spiro atoms. The summed E-state index contributed by atoms with van der Waals surface area (Å²) in [7, 11) is 1.68. The molecule has 118 valence electrons. The van der Waals surface area contributed by atoms with Gasteiger partial charge in [-0.15, -0.1) is 0 Å². The number of likely N-dealkylation sites (N-methyl/N-ethyl adjacent to an activating group) is 1. The highest BCUT2D eigenvalue weighted by Crippen LogP contribution is 2.38. The van der Waals surface area contributed by atoms with Crippen LogP contribution in [0.3, 0.4) is 0 Å². The van der Waals surface area contributed by atoms with Gasteiger partial charge in [-0.1, -0.05) is 0 Å². The van der Waals surface area contributed by atoms with Crippen LogP contribution in [0.15, 0.2) is 0 Å². The van der Waals surface area contributed by atoms with Crippen LogP contribution in [0.5, 0.6) is 0 Å². The van der Waals surface area contributed by atoms with Crippen molar-refractivity contribution in [1.29, 1.82) is 0 Å². The molecule has 0 saturated carbocycles. The van der Waals surface area contributed by atoms with Crippen molar-refractivity contribution in [3.63, 3.8) is 0 Å². The zero-order valence-electron chi connectivity index (χ0n) is 12.4. The molecular weight excluding hydrogens is 273 g/mol. The molecule has 1 N–H and O–H groups in total. The first-order valence-electron chi connectivity index (χ1n) is 6.79. The van der Waals surface area contributed by atoms with E-state index in [0.29, 0.717) is 0 Å². The summed E-state index contributed by atoms with van der Waals surface area (Å²) >= 11 is 0. The van der Waals surface area contributed by atoms with Gasteiger partial charge >= 0.3 is 6.18 Å². The minimum atomic E-state index is -4.61. The lowest BCUT2D eigenvalue weighted by Crippen LogP contribution is -2.57. The quantitative estimate of drug-likeness (QED) is 0.861. The van der Waals surface area contributed by atoms with Crippen molar-refractivity contribution < 1.29 is 23.1 Å². The van der Waals surface area contributed by atoms with E-state index in [1.807, 2.05) is 13.8 Å². The number of aliphatic hydroxyl groups is 1. The normalized spacial score (nSPS) is 21.9. The molecule has 1 amide bonds. The number of nitrogens with zero attached hydrogens (tertiary/aromatic N) is 2. The van der Waals surface area contributed by atoms with E-state index in [4.69, 9.17) is 0 Å². The van der Waals surface area contributed by atoms with Crippen LogP contribution in [0.2, 0.25) is 0 Å². The molecule has 1 rings (SSSR count). The Morgan fingerprint density at radius 1 is 1.25 bits per heavy atom. The van der Waals surface area contributed by atoms with E-state index < -0.39 is 17.8 Å². The van der Waals surface area contributed by atoms with Crippen LogP contribution in [0.1, 0.15) is 33.6 Å². The van der Waals surface area contributed by atoms with Gasteiger partial charge in [0, 0.05) is 26.2 Å². The third kappa shape index (κ3) is 3.44. The minimum Gasteiger partial charge on any atom is -0.380 e. The second-order valence-electron chi connectivity index (χ2n) is 5.78. The van der Waals surface area contributed by atoms with Crippen molar-refractivity contribution in [2.45, 2.75) is 57.5 Å². The molecule has 0 bridgehead atoms. The maximum atomic E-state index is 12.7. The maximum absolute atomic E-state index is 12.7. The predicted molar refractivity (Wildman–Crippen MR) is 69.2 cm³/mol. The van der Waals surface area contributed by atoms with Crippen molar-refractivity contribution in [2.75, 3.05) is 20.1 Å². The molecule has 1 atom stereocenters. The van der Waals surface area contributed by atoms with E-state index in [-0.39, 0.29) is 37.9 Å².